The van der Waals surface area contributed by atoms with Crippen LogP contribution in [0.5, 0.6) is 0 Å². The lowest BCUT2D eigenvalue weighted by atomic mass is 9.72. The van der Waals surface area contributed by atoms with E-state index >= 15 is 0 Å². The van der Waals surface area contributed by atoms with Crippen LogP contribution < -0.4 is 5.73 Å². The fourth-order valence-corrected chi connectivity index (χ4v) is 3.17. The van der Waals surface area contributed by atoms with Crippen LogP contribution in [0.25, 0.3) is 0 Å². The van der Waals surface area contributed by atoms with Crippen LogP contribution in [0.15, 0.2) is 0 Å². The van der Waals surface area contributed by atoms with Gasteiger partial charge in [-0.3, -0.25) is 4.90 Å². The normalized spacial score (nSPS) is 35.4. The molecule has 2 rings (SSSR count). The van der Waals surface area contributed by atoms with Crippen molar-refractivity contribution in [1.29, 1.82) is 0 Å². The zero-order valence-electron chi connectivity index (χ0n) is 9.63. The Balaban J connectivity index is 1.80. The molecular formula is C12H24N2. The third kappa shape index (κ3) is 1.82. The van der Waals surface area contributed by atoms with Crippen molar-refractivity contribution in [3.05, 3.63) is 0 Å². The van der Waals surface area contributed by atoms with E-state index in [4.69, 9.17) is 5.73 Å². The van der Waals surface area contributed by atoms with Crippen molar-refractivity contribution >= 4 is 0 Å². The van der Waals surface area contributed by atoms with Gasteiger partial charge < -0.3 is 5.73 Å². The van der Waals surface area contributed by atoms with Gasteiger partial charge in [-0.25, -0.2) is 0 Å². The van der Waals surface area contributed by atoms with Gasteiger partial charge in [0.2, 0.25) is 0 Å². The van der Waals surface area contributed by atoms with Crippen molar-refractivity contribution in [3.63, 3.8) is 0 Å². The van der Waals surface area contributed by atoms with E-state index in [9.17, 15) is 0 Å². The molecule has 2 nitrogen and oxygen atoms in total. The summed E-state index contributed by atoms with van der Waals surface area (Å²) in [6.07, 6.45) is 6.75. The van der Waals surface area contributed by atoms with E-state index in [-0.39, 0.29) is 0 Å². The third-order valence-electron chi connectivity index (χ3n) is 3.91. The smallest absolute Gasteiger partial charge is 0.0263 e. The number of hydrogen-bond donors (Lipinski definition) is 1. The quantitative estimate of drug-likeness (QED) is 0.728. The lowest BCUT2D eigenvalue weighted by Gasteiger charge is -2.51. The molecule has 2 fully saturated rings. The topological polar surface area (TPSA) is 29.3 Å². The first-order chi connectivity index (χ1) is 6.71. The second-order valence-electron chi connectivity index (χ2n) is 5.37. The molecule has 1 heterocycles. The van der Waals surface area contributed by atoms with Crippen molar-refractivity contribution < 1.29 is 0 Å². The van der Waals surface area contributed by atoms with Crippen LogP contribution in [0.1, 0.15) is 46.0 Å². The van der Waals surface area contributed by atoms with Crippen molar-refractivity contribution in [3.8, 4) is 0 Å². The average molecular weight is 196 g/mol. The molecule has 1 aliphatic heterocycles. The summed E-state index contributed by atoms with van der Waals surface area (Å²) in [5.41, 5.74) is 6.54. The van der Waals surface area contributed by atoms with Crippen LogP contribution in [0, 0.1) is 5.41 Å². The van der Waals surface area contributed by atoms with Gasteiger partial charge in [0.15, 0.2) is 0 Å². The molecule has 0 aromatic carbocycles. The fourth-order valence-electron chi connectivity index (χ4n) is 3.17. The van der Waals surface area contributed by atoms with Gasteiger partial charge in [0, 0.05) is 25.2 Å². The number of likely N-dealkylation sites (tertiary alicyclic amines) is 1. The summed E-state index contributed by atoms with van der Waals surface area (Å²) >= 11 is 0. The Morgan fingerprint density at radius 2 is 1.71 bits per heavy atom. The Hall–Kier alpha value is -0.0800. The highest BCUT2D eigenvalue weighted by Crippen LogP contribution is 2.44. The first kappa shape index (κ1) is 10.4. The predicted molar refractivity (Wildman–Crippen MR) is 60.2 cm³/mol. The Morgan fingerprint density at radius 1 is 1.21 bits per heavy atom. The van der Waals surface area contributed by atoms with Crippen molar-refractivity contribution in [1.82, 2.24) is 4.90 Å². The molecule has 0 aromatic rings. The molecule has 1 aliphatic carbocycles. The van der Waals surface area contributed by atoms with Gasteiger partial charge >= 0.3 is 0 Å². The SMILES string of the molecule is CCCC1(CCC)CN(C2CC2N)C1. The number of rotatable bonds is 5. The molecule has 1 saturated heterocycles. The number of hydrogen-bond acceptors (Lipinski definition) is 2. The summed E-state index contributed by atoms with van der Waals surface area (Å²) < 4.78 is 0. The lowest BCUT2D eigenvalue weighted by molar-refractivity contribution is -0.0215. The average Bonchev–Trinajstić information content (AvgIpc) is 2.78. The largest absolute Gasteiger partial charge is 0.326 e. The molecule has 0 aromatic heterocycles. The summed E-state index contributed by atoms with van der Waals surface area (Å²) in [5, 5.41) is 0. The van der Waals surface area contributed by atoms with Crippen LogP contribution in [-0.2, 0) is 0 Å². The molecule has 0 amide bonds. The second-order valence-corrected chi connectivity index (χ2v) is 5.37. The van der Waals surface area contributed by atoms with E-state index in [1.54, 1.807) is 0 Å². The third-order valence-corrected chi connectivity index (χ3v) is 3.91. The summed E-state index contributed by atoms with van der Waals surface area (Å²) in [5.74, 6) is 0. The Labute approximate surface area is 87.8 Å². The molecule has 2 unspecified atom stereocenters. The highest BCUT2D eigenvalue weighted by Gasteiger charge is 2.50. The molecule has 0 spiro atoms. The van der Waals surface area contributed by atoms with Crippen LogP contribution in [0.4, 0.5) is 0 Å². The maximum absolute atomic E-state index is 5.87. The molecule has 2 N–H and O–H groups in total. The molecular weight excluding hydrogens is 172 g/mol. The minimum Gasteiger partial charge on any atom is -0.326 e. The van der Waals surface area contributed by atoms with Crippen molar-refractivity contribution in [2.45, 2.75) is 58.0 Å². The summed E-state index contributed by atoms with van der Waals surface area (Å²) in [6, 6.07) is 1.24. The van der Waals surface area contributed by atoms with Gasteiger partial charge in [-0.05, 0) is 24.7 Å². The first-order valence-corrected chi connectivity index (χ1v) is 6.20. The molecule has 2 aliphatic rings. The Bertz CT molecular complexity index is 188. The minimum atomic E-state index is 0.497. The minimum absolute atomic E-state index is 0.497. The molecule has 0 radical (unpaired) electrons. The molecule has 2 heteroatoms. The molecule has 82 valence electrons. The Morgan fingerprint density at radius 3 is 2.07 bits per heavy atom. The molecule has 1 saturated carbocycles. The molecule has 2 atom stereocenters. The van der Waals surface area contributed by atoms with Gasteiger partial charge in [0.1, 0.15) is 0 Å². The Kier molecular flexibility index (Phi) is 2.85. The number of nitrogens with two attached hydrogens (primary N) is 1. The predicted octanol–water partition coefficient (Wildman–Crippen LogP) is 1.99. The van der Waals surface area contributed by atoms with E-state index in [0.717, 1.165) is 6.04 Å². The van der Waals surface area contributed by atoms with E-state index in [2.05, 4.69) is 18.7 Å². The molecule has 0 bridgehead atoms. The van der Waals surface area contributed by atoms with Crippen molar-refractivity contribution in [2.75, 3.05) is 13.1 Å². The molecule has 14 heavy (non-hydrogen) atoms. The van der Waals surface area contributed by atoms with E-state index < -0.39 is 0 Å². The second kappa shape index (κ2) is 3.82. The highest BCUT2D eigenvalue weighted by atomic mass is 15.3. The zero-order valence-corrected chi connectivity index (χ0v) is 9.63. The standard InChI is InChI=1S/C12H24N2/c1-3-5-12(6-4-2)8-14(9-12)11-7-10(11)13/h10-11H,3-9,13H2,1-2H3. The first-order valence-electron chi connectivity index (χ1n) is 6.20. The van der Waals surface area contributed by atoms with Gasteiger partial charge in [-0.1, -0.05) is 26.7 Å². The van der Waals surface area contributed by atoms with E-state index in [1.807, 2.05) is 0 Å². The lowest BCUT2D eigenvalue weighted by Crippen LogP contribution is -2.57. The summed E-state index contributed by atoms with van der Waals surface area (Å²) in [7, 11) is 0. The van der Waals surface area contributed by atoms with Crippen LogP contribution >= 0.6 is 0 Å². The van der Waals surface area contributed by atoms with Crippen molar-refractivity contribution in [2.24, 2.45) is 11.1 Å². The highest BCUT2D eigenvalue weighted by molar-refractivity contribution is 5.06. The van der Waals surface area contributed by atoms with E-state index in [1.165, 1.54) is 45.2 Å². The zero-order chi connectivity index (χ0) is 10.2. The number of nitrogens with zero attached hydrogens (tertiary/aromatic N) is 1. The fraction of sp³-hybridized carbons (Fsp3) is 1.00. The maximum atomic E-state index is 5.87. The van der Waals surface area contributed by atoms with Gasteiger partial charge in [-0.15, -0.1) is 0 Å². The van der Waals surface area contributed by atoms with Gasteiger partial charge in [0.05, 0.1) is 0 Å². The maximum Gasteiger partial charge on any atom is 0.0263 e. The summed E-state index contributed by atoms with van der Waals surface area (Å²) in [4.78, 5) is 2.61. The monoisotopic (exact) mass is 196 g/mol. The van der Waals surface area contributed by atoms with Crippen LogP contribution in [0.3, 0.4) is 0 Å². The van der Waals surface area contributed by atoms with Crippen LogP contribution in [-0.4, -0.2) is 30.1 Å². The van der Waals surface area contributed by atoms with Gasteiger partial charge in [-0.2, -0.15) is 0 Å². The van der Waals surface area contributed by atoms with Crippen LogP contribution in [0.2, 0.25) is 0 Å². The summed E-state index contributed by atoms with van der Waals surface area (Å²) in [6.45, 7) is 7.27. The van der Waals surface area contributed by atoms with Gasteiger partial charge in [0.25, 0.3) is 0 Å². The van der Waals surface area contributed by atoms with E-state index in [0.29, 0.717) is 11.5 Å².